The lowest BCUT2D eigenvalue weighted by Crippen LogP contribution is -2.48. The lowest BCUT2D eigenvalue weighted by molar-refractivity contribution is -0.274. The molecule has 0 atom stereocenters. The van der Waals surface area contributed by atoms with Crippen LogP contribution in [0.5, 0.6) is 5.75 Å². The maximum absolute atomic E-state index is 12.4. The molecule has 1 aromatic carbocycles. The molecular formula is C16H22F3N3O3. The SMILES string of the molecule is CC(C)(C)C(=O)ON1CCN(c2ccc(N)c(OC(F)(F)F)c2)CC1. The van der Waals surface area contributed by atoms with Crippen molar-refractivity contribution in [3.8, 4) is 5.75 Å². The van der Waals surface area contributed by atoms with Crippen molar-refractivity contribution in [3.05, 3.63) is 18.2 Å². The van der Waals surface area contributed by atoms with Crippen LogP contribution in [0.25, 0.3) is 0 Å². The van der Waals surface area contributed by atoms with E-state index in [1.54, 1.807) is 31.9 Å². The molecule has 1 aromatic rings. The van der Waals surface area contributed by atoms with Crippen LogP contribution in [0.3, 0.4) is 0 Å². The Balaban J connectivity index is 1.99. The molecule has 0 bridgehead atoms. The van der Waals surface area contributed by atoms with Crippen molar-refractivity contribution in [2.45, 2.75) is 27.1 Å². The fourth-order valence-electron chi connectivity index (χ4n) is 2.22. The van der Waals surface area contributed by atoms with Crippen molar-refractivity contribution < 1.29 is 27.5 Å². The van der Waals surface area contributed by atoms with E-state index < -0.39 is 17.5 Å². The number of hydrogen-bond acceptors (Lipinski definition) is 6. The molecule has 25 heavy (non-hydrogen) atoms. The fourth-order valence-corrected chi connectivity index (χ4v) is 2.22. The molecule has 0 unspecified atom stereocenters. The Morgan fingerprint density at radius 1 is 1.12 bits per heavy atom. The summed E-state index contributed by atoms with van der Waals surface area (Å²) in [6, 6.07) is 4.28. The summed E-state index contributed by atoms with van der Waals surface area (Å²) in [5.74, 6) is -0.749. The van der Waals surface area contributed by atoms with Gasteiger partial charge in [-0.1, -0.05) is 0 Å². The number of hydrogen-bond donors (Lipinski definition) is 1. The van der Waals surface area contributed by atoms with Gasteiger partial charge in [0.2, 0.25) is 0 Å². The molecule has 140 valence electrons. The molecule has 1 aliphatic rings. The van der Waals surface area contributed by atoms with Gasteiger partial charge in [0.15, 0.2) is 5.75 Å². The van der Waals surface area contributed by atoms with Gasteiger partial charge in [-0.15, -0.1) is 18.2 Å². The molecule has 6 nitrogen and oxygen atoms in total. The predicted octanol–water partition coefficient (Wildman–Crippen LogP) is 2.79. The van der Waals surface area contributed by atoms with E-state index in [-0.39, 0.29) is 11.7 Å². The lowest BCUT2D eigenvalue weighted by atomic mass is 9.98. The molecule has 2 rings (SSSR count). The number of carbonyl (C=O) groups excluding carboxylic acids is 1. The highest BCUT2D eigenvalue weighted by Gasteiger charge is 2.32. The van der Waals surface area contributed by atoms with Crippen LogP contribution in [0, 0.1) is 5.41 Å². The van der Waals surface area contributed by atoms with Crippen LogP contribution in [-0.4, -0.2) is 43.6 Å². The Labute approximate surface area is 144 Å². The molecule has 1 saturated heterocycles. The van der Waals surface area contributed by atoms with Crippen molar-refractivity contribution in [2.75, 3.05) is 36.8 Å². The number of nitrogens with zero attached hydrogens (tertiary/aromatic N) is 2. The van der Waals surface area contributed by atoms with E-state index in [1.165, 1.54) is 12.1 Å². The maximum atomic E-state index is 12.4. The molecule has 0 aromatic heterocycles. The van der Waals surface area contributed by atoms with Crippen LogP contribution >= 0.6 is 0 Å². The highest BCUT2D eigenvalue weighted by Crippen LogP contribution is 2.32. The summed E-state index contributed by atoms with van der Waals surface area (Å²) in [5, 5.41) is 1.56. The summed E-state index contributed by atoms with van der Waals surface area (Å²) >= 11 is 0. The second kappa shape index (κ2) is 6.99. The number of carbonyl (C=O) groups is 1. The minimum Gasteiger partial charge on any atom is -0.404 e. The van der Waals surface area contributed by atoms with E-state index in [9.17, 15) is 18.0 Å². The van der Waals surface area contributed by atoms with Crippen LogP contribution < -0.4 is 15.4 Å². The van der Waals surface area contributed by atoms with Gasteiger partial charge in [0, 0.05) is 24.8 Å². The average molecular weight is 361 g/mol. The number of nitrogen functional groups attached to an aromatic ring is 1. The van der Waals surface area contributed by atoms with Crippen LogP contribution in [0.2, 0.25) is 0 Å². The van der Waals surface area contributed by atoms with Crippen molar-refractivity contribution in [1.29, 1.82) is 0 Å². The van der Waals surface area contributed by atoms with Crippen LogP contribution in [-0.2, 0) is 9.63 Å². The quantitative estimate of drug-likeness (QED) is 0.835. The lowest BCUT2D eigenvalue weighted by Gasteiger charge is -2.35. The van der Waals surface area contributed by atoms with Gasteiger partial charge in [0.05, 0.1) is 24.2 Å². The second-order valence-electron chi connectivity index (χ2n) is 6.81. The number of hydroxylamine groups is 2. The zero-order valence-electron chi connectivity index (χ0n) is 14.4. The van der Waals surface area contributed by atoms with E-state index in [1.807, 2.05) is 4.90 Å². The Morgan fingerprint density at radius 2 is 1.72 bits per heavy atom. The highest BCUT2D eigenvalue weighted by molar-refractivity contribution is 5.75. The molecule has 0 amide bonds. The van der Waals surface area contributed by atoms with Gasteiger partial charge in [0.1, 0.15) is 0 Å². The van der Waals surface area contributed by atoms with Gasteiger partial charge in [-0.05, 0) is 32.9 Å². The monoisotopic (exact) mass is 361 g/mol. The van der Waals surface area contributed by atoms with E-state index in [4.69, 9.17) is 10.6 Å². The Hall–Kier alpha value is -2.16. The van der Waals surface area contributed by atoms with Crippen LogP contribution in [0.15, 0.2) is 18.2 Å². The average Bonchev–Trinajstić information content (AvgIpc) is 2.48. The summed E-state index contributed by atoms with van der Waals surface area (Å²) in [6.45, 7) is 7.18. The largest absolute Gasteiger partial charge is 0.573 e. The zero-order chi connectivity index (χ0) is 18.8. The molecular weight excluding hydrogens is 339 g/mol. The van der Waals surface area contributed by atoms with Crippen molar-refractivity contribution >= 4 is 17.3 Å². The smallest absolute Gasteiger partial charge is 0.404 e. The number of ether oxygens (including phenoxy) is 1. The minimum absolute atomic E-state index is 0.0844. The first-order chi connectivity index (χ1) is 11.5. The number of halogens is 3. The number of alkyl halides is 3. The van der Waals surface area contributed by atoms with Gasteiger partial charge >= 0.3 is 12.3 Å². The molecule has 0 saturated carbocycles. The van der Waals surface area contributed by atoms with Gasteiger partial charge in [-0.25, -0.2) is 4.79 Å². The molecule has 2 N–H and O–H groups in total. The van der Waals surface area contributed by atoms with Crippen molar-refractivity contribution in [2.24, 2.45) is 5.41 Å². The summed E-state index contributed by atoms with van der Waals surface area (Å²) in [7, 11) is 0. The first kappa shape index (κ1) is 19.2. The molecule has 1 heterocycles. The molecule has 1 fully saturated rings. The van der Waals surface area contributed by atoms with Gasteiger partial charge in [-0.2, -0.15) is 0 Å². The van der Waals surface area contributed by atoms with E-state index in [0.29, 0.717) is 31.9 Å². The Kier molecular flexibility index (Phi) is 5.36. The standard InChI is InChI=1S/C16H22F3N3O3/c1-15(2,3)14(23)25-22-8-6-21(7-9-22)11-4-5-12(20)13(10-11)24-16(17,18)19/h4-5,10H,6-9,20H2,1-3H3. The highest BCUT2D eigenvalue weighted by atomic mass is 19.4. The molecule has 0 radical (unpaired) electrons. The second-order valence-corrected chi connectivity index (χ2v) is 6.81. The van der Waals surface area contributed by atoms with Crippen molar-refractivity contribution in [3.63, 3.8) is 0 Å². The number of benzene rings is 1. The summed E-state index contributed by atoms with van der Waals surface area (Å²) in [6.07, 6.45) is -4.80. The number of nitrogens with two attached hydrogens (primary N) is 1. The number of anilines is 2. The third-order valence-corrected chi connectivity index (χ3v) is 3.65. The Bertz CT molecular complexity index is 621. The summed E-state index contributed by atoms with van der Waals surface area (Å²) in [5.41, 5.74) is 5.42. The first-order valence-electron chi connectivity index (χ1n) is 7.83. The molecule has 0 aliphatic carbocycles. The fraction of sp³-hybridized carbons (Fsp3) is 0.562. The molecule has 9 heteroatoms. The number of piperazine rings is 1. The summed E-state index contributed by atoms with van der Waals surface area (Å²) in [4.78, 5) is 19.1. The van der Waals surface area contributed by atoms with Crippen molar-refractivity contribution in [1.82, 2.24) is 5.06 Å². The third kappa shape index (κ3) is 5.42. The van der Waals surface area contributed by atoms with Gasteiger partial charge in [-0.3, -0.25) is 0 Å². The first-order valence-corrected chi connectivity index (χ1v) is 7.83. The number of rotatable bonds is 3. The molecule has 0 spiro atoms. The summed E-state index contributed by atoms with van der Waals surface area (Å²) < 4.78 is 41.2. The van der Waals surface area contributed by atoms with E-state index in [0.717, 1.165) is 0 Å². The zero-order valence-corrected chi connectivity index (χ0v) is 14.4. The van der Waals surface area contributed by atoms with Crippen LogP contribution in [0.4, 0.5) is 24.5 Å². The normalized spacial score (nSPS) is 16.6. The topological polar surface area (TPSA) is 68.0 Å². The molecule has 1 aliphatic heterocycles. The van der Waals surface area contributed by atoms with Crippen LogP contribution in [0.1, 0.15) is 20.8 Å². The van der Waals surface area contributed by atoms with Gasteiger partial charge < -0.3 is 20.2 Å². The van der Waals surface area contributed by atoms with E-state index in [2.05, 4.69) is 4.74 Å². The Morgan fingerprint density at radius 3 is 2.24 bits per heavy atom. The third-order valence-electron chi connectivity index (χ3n) is 3.65. The minimum atomic E-state index is -4.80. The maximum Gasteiger partial charge on any atom is 0.573 e. The van der Waals surface area contributed by atoms with E-state index >= 15 is 0 Å². The predicted molar refractivity (Wildman–Crippen MR) is 86.9 cm³/mol. The van der Waals surface area contributed by atoms with Gasteiger partial charge in [0.25, 0.3) is 0 Å².